The second kappa shape index (κ2) is 7.97. The molecule has 0 unspecified atom stereocenters. The van der Waals surface area contributed by atoms with E-state index in [1.54, 1.807) is 6.21 Å². The summed E-state index contributed by atoms with van der Waals surface area (Å²) in [7, 11) is 0. The van der Waals surface area contributed by atoms with Crippen LogP contribution in [0.25, 0.3) is 0 Å². The summed E-state index contributed by atoms with van der Waals surface area (Å²) >= 11 is 0. The first-order chi connectivity index (χ1) is 9.17. The molecule has 104 valence electrons. The Balaban J connectivity index is 2.88. The van der Waals surface area contributed by atoms with Gasteiger partial charge in [-0.25, -0.2) is 0 Å². The highest BCUT2D eigenvalue weighted by Crippen LogP contribution is 2.28. The minimum Gasteiger partial charge on any atom is -0.490 e. The molecule has 0 aliphatic rings. The lowest BCUT2D eigenvalue weighted by molar-refractivity contribution is 0.277. The van der Waals surface area contributed by atoms with Gasteiger partial charge < -0.3 is 20.9 Å². The monoisotopic (exact) mass is 264 g/mol. The molecule has 0 bridgehead atoms. The van der Waals surface area contributed by atoms with Gasteiger partial charge in [-0.3, -0.25) is 0 Å². The summed E-state index contributed by atoms with van der Waals surface area (Å²) in [6, 6.07) is 5.54. The van der Waals surface area contributed by atoms with E-state index in [9.17, 15) is 0 Å². The number of benzene rings is 1. The molecule has 0 saturated heterocycles. The van der Waals surface area contributed by atoms with Gasteiger partial charge in [0.05, 0.1) is 19.4 Å². The zero-order valence-corrected chi connectivity index (χ0v) is 11.3. The van der Waals surface area contributed by atoms with Crippen LogP contribution >= 0.6 is 0 Å². The fraction of sp³-hybridized carbons (Fsp3) is 0.385. The number of hydrogen-bond donors (Lipinski definition) is 2. The van der Waals surface area contributed by atoms with Crippen LogP contribution in [0.2, 0.25) is 0 Å². The van der Waals surface area contributed by atoms with Crippen LogP contribution < -0.4 is 20.9 Å². The van der Waals surface area contributed by atoms with Crippen molar-refractivity contribution in [3.05, 3.63) is 23.8 Å². The summed E-state index contributed by atoms with van der Waals surface area (Å²) in [6.07, 6.45) is 2.49. The molecular weight excluding hydrogens is 244 g/mol. The number of ether oxygens (including phenoxy) is 2. The summed E-state index contributed by atoms with van der Waals surface area (Å²) in [5.41, 5.74) is 11.2. The van der Waals surface area contributed by atoms with Crippen molar-refractivity contribution >= 4 is 12.2 Å². The first kappa shape index (κ1) is 14.8. The van der Waals surface area contributed by atoms with Crippen LogP contribution in [0.5, 0.6) is 11.5 Å². The molecule has 0 aliphatic heterocycles. The highest BCUT2D eigenvalue weighted by molar-refractivity contribution is 5.82. The lowest BCUT2D eigenvalue weighted by Crippen LogP contribution is -2.21. The minimum atomic E-state index is -0.0795. The van der Waals surface area contributed by atoms with Crippen LogP contribution in [0.15, 0.2) is 28.4 Å². The van der Waals surface area contributed by atoms with Crippen LogP contribution in [0, 0.1) is 0 Å². The van der Waals surface area contributed by atoms with E-state index in [2.05, 4.69) is 17.1 Å². The number of rotatable bonds is 7. The predicted octanol–water partition coefficient (Wildman–Crippen LogP) is 1.48. The zero-order valence-electron chi connectivity index (χ0n) is 11.3. The molecule has 0 aromatic heterocycles. The Kier molecular flexibility index (Phi) is 6.21. The van der Waals surface area contributed by atoms with Crippen molar-refractivity contribution in [2.45, 2.75) is 20.3 Å². The maximum Gasteiger partial charge on any atom is 0.211 e. The summed E-state index contributed by atoms with van der Waals surface area (Å²) in [5.74, 6) is 1.33. The predicted molar refractivity (Wildman–Crippen MR) is 76.8 cm³/mol. The molecule has 0 fully saturated rings. The van der Waals surface area contributed by atoms with Gasteiger partial charge >= 0.3 is 0 Å². The van der Waals surface area contributed by atoms with Crippen molar-refractivity contribution in [1.29, 1.82) is 0 Å². The molecule has 0 atom stereocenters. The summed E-state index contributed by atoms with van der Waals surface area (Å²) in [6.45, 7) is 5.19. The van der Waals surface area contributed by atoms with Gasteiger partial charge in [-0.2, -0.15) is 5.10 Å². The van der Waals surface area contributed by atoms with E-state index in [0.29, 0.717) is 19.0 Å². The topological polar surface area (TPSA) is 95.2 Å². The third kappa shape index (κ3) is 5.29. The molecule has 0 amide bonds. The van der Waals surface area contributed by atoms with Gasteiger partial charge in [0.1, 0.15) is 0 Å². The molecule has 0 spiro atoms. The quantitative estimate of drug-likeness (QED) is 0.443. The van der Waals surface area contributed by atoms with Crippen LogP contribution in [-0.2, 0) is 0 Å². The third-order valence-electron chi connectivity index (χ3n) is 2.11. The molecular formula is C13H20N4O2. The van der Waals surface area contributed by atoms with E-state index in [1.165, 1.54) is 0 Å². The Morgan fingerprint density at radius 1 is 1.21 bits per heavy atom. The summed E-state index contributed by atoms with van der Waals surface area (Å²) in [5, 5.41) is 7.29. The maximum absolute atomic E-state index is 5.60. The standard InChI is InChI=1S/C13H20N4O2/c1-3-7-19-11-6-5-10(8-12(11)18-4-2)9-16-17-13(14)15/h5-6,8-9H,3-4,7H2,1-2H3,(H4,14,15,17)/b16-9-. The van der Waals surface area contributed by atoms with Gasteiger partial charge in [0.25, 0.3) is 0 Å². The molecule has 1 rings (SSSR count). The zero-order chi connectivity index (χ0) is 14.1. The Hall–Kier alpha value is -2.24. The summed E-state index contributed by atoms with van der Waals surface area (Å²) < 4.78 is 11.1. The summed E-state index contributed by atoms with van der Waals surface area (Å²) in [4.78, 5) is 0. The lowest BCUT2D eigenvalue weighted by atomic mass is 10.2. The molecule has 6 nitrogen and oxygen atoms in total. The van der Waals surface area contributed by atoms with Crippen molar-refractivity contribution < 1.29 is 9.47 Å². The number of nitrogens with two attached hydrogens (primary N) is 2. The van der Waals surface area contributed by atoms with Crippen molar-refractivity contribution in [3.63, 3.8) is 0 Å². The first-order valence-corrected chi connectivity index (χ1v) is 6.19. The fourth-order valence-electron chi connectivity index (χ4n) is 1.37. The second-order valence-corrected chi connectivity index (χ2v) is 3.76. The van der Waals surface area contributed by atoms with Crippen LogP contribution in [0.4, 0.5) is 0 Å². The van der Waals surface area contributed by atoms with Gasteiger partial charge in [0.15, 0.2) is 11.5 Å². The molecule has 0 heterocycles. The Morgan fingerprint density at radius 3 is 2.63 bits per heavy atom. The van der Waals surface area contributed by atoms with E-state index in [0.717, 1.165) is 17.7 Å². The number of hydrogen-bond acceptors (Lipinski definition) is 4. The molecule has 4 N–H and O–H groups in total. The Labute approximate surface area is 113 Å². The molecule has 19 heavy (non-hydrogen) atoms. The fourth-order valence-corrected chi connectivity index (χ4v) is 1.37. The molecule has 0 aliphatic carbocycles. The van der Waals surface area contributed by atoms with Crippen LogP contribution in [0.3, 0.4) is 0 Å². The maximum atomic E-state index is 5.60. The first-order valence-electron chi connectivity index (χ1n) is 6.19. The van der Waals surface area contributed by atoms with Crippen LogP contribution in [0.1, 0.15) is 25.8 Å². The average molecular weight is 264 g/mol. The van der Waals surface area contributed by atoms with E-state index in [1.807, 2.05) is 25.1 Å². The van der Waals surface area contributed by atoms with Crippen molar-refractivity contribution in [2.75, 3.05) is 13.2 Å². The van der Waals surface area contributed by atoms with Gasteiger partial charge in [-0.05, 0) is 37.1 Å². The van der Waals surface area contributed by atoms with Gasteiger partial charge in [0.2, 0.25) is 5.96 Å². The molecule has 0 saturated carbocycles. The van der Waals surface area contributed by atoms with Gasteiger partial charge in [-0.1, -0.05) is 6.92 Å². The SMILES string of the molecule is CCCOc1ccc(/C=N\N=C(N)N)cc1OCC. The van der Waals surface area contributed by atoms with Crippen molar-refractivity contribution in [1.82, 2.24) is 0 Å². The molecule has 0 radical (unpaired) electrons. The molecule has 1 aromatic carbocycles. The minimum absolute atomic E-state index is 0.0795. The molecule has 6 heteroatoms. The lowest BCUT2D eigenvalue weighted by Gasteiger charge is -2.11. The van der Waals surface area contributed by atoms with E-state index >= 15 is 0 Å². The average Bonchev–Trinajstić information content (AvgIpc) is 2.38. The normalized spacial score (nSPS) is 10.4. The van der Waals surface area contributed by atoms with Crippen LogP contribution in [-0.4, -0.2) is 25.4 Å². The van der Waals surface area contributed by atoms with Gasteiger partial charge in [0, 0.05) is 0 Å². The van der Waals surface area contributed by atoms with E-state index in [-0.39, 0.29) is 5.96 Å². The Morgan fingerprint density at radius 2 is 2.00 bits per heavy atom. The van der Waals surface area contributed by atoms with Crippen molar-refractivity contribution in [3.8, 4) is 11.5 Å². The number of guanidine groups is 1. The highest BCUT2D eigenvalue weighted by Gasteiger charge is 2.05. The van der Waals surface area contributed by atoms with Crippen molar-refractivity contribution in [2.24, 2.45) is 21.7 Å². The largest absolute Gasteiger partial charge is 0.490 e. The third-order valence-corrected chi connectivity index (χ3v) is 2.11. The second-order valence-electron chi connectivity index (χ2n) is 3.76. The molecule has 1 aromatic rings. The highest BCUT2D eigenvalue weighted by atomic mass is 16.5. The van der Waals surface area contributed by atoms with Gasteiger partial charge in [-0.15, -0.1) is 5.10 Å². The van der Waals surface area contributed by atoms with E-state index in [4.69, 9.17) is 20.9 Å². The van der Waals surface area contributed by atoms with E-state index < -0.39 is 0 Å². The smallest absolute Gasteiger partial charge is 0.211 e. The number of nitrogens with zero attached hydrogens (tertiary/aromatic N) is 2. The Bertz CT molecular complexity index is 454.